The molecule has 0 fully saturated rings. The van der Waals surface area contributed by atoms with Gasteiger partial charge in [0.25, 0.3) is 0 Å². The fourth-order valence-electron chi connectivity index (χ4n) is 5.25. The van der Waals surface area contributed by atoms with Crippen LogP contribution in [0.5, 0.6) is 0 Å². The van der Waals surface area contributed by atoms with Gasteiger partial charge in [-0.1, -0.05) is 37.6 Å². The number of carbonyl (C=O) groups is 4. The second kappa shape index (κ2) is 14.6. The summed E-state index contributed by atoms with van der Waals surface area (Å²) < 4.78 is 11.4. The van der Waals surface area contributed by atoms with Gasteiger partial charge in [-0.05, 0) is 68.0 Å². The number of aliphatic carboxylic acids is 1. The maximum atomic E-state index is 13.6. The zero-order valence-corrected chi connectivity index (χ0v) is 27.2. The van der Waals surface area contributed by atoms with Crippen LogP contribution in [0.3, 0.4) is 0 Å². The van der Waals surface area contributed by atoms with Crippen molar-refractivity contribution < 1.29 is 33.1 Å². The highest BCUT2D eigenvalue weighted by Crippen LogP contribution is 2.31. The molecule has 0 aliphatic carbocycles. The SMILES string of the molecule is Cc1oc2cc3oc(=O)c(CC(=O)NC(Cc4ccc(Cl)cc4)C(=O)N[C@@H](C(=O)NCCCC(=O)O)C(C)C)c(C)c3cc2c1C. The third kappa shape index (κ3) is 8.14. The van der Waals surface area contributed by atoms with Crippen LogP contribution in [0.2, 0.25) is 5.02 Å². The topological polar surface area (TPSA) is 168 Å². The van der Waals surface area contributed by atoms with E-state index < -0.39 is 41.4 Å². The van der Waals surface area contributed by atoms with Gasteiger partial charge in [0, 0.05) is 41.2 Å². The largest absolute Gasteiger partial charge is 0.481 e. The van der Waals surface area contributed by atoms with Crippen molar-refractivity contribution in [3.8, 4) is 0 Å². The van der Waals surface area contributed by atoms with Gasteiger partial charge in [-0.15, -0.1) is 0 Å². The standard InChI is InChI=1S/C34H38ClN3O8/c1-17(2)31(33(43)36-12-6-7-30(40)41)38-32(42)26(13-21-8-10-22(35)11-9-21)37-29(39)15-25-19(4)24-14-23-18(3)20(5)45-27(23)16-28(24)46-34(25)44/h8-11,14,16-17,26,31H,6-7,12-13,15H2,1-5H3,(H,36,43)(H,37,39)(H,38,42)(H,40,41)/t26?,31-/m1/s1. The molecule has 0 saturated carbocycles. The van der Waals surface area contributed by atoms with E-state index in [1.54, 1.807) is 51.1 Å². The Hall–Kier alpha value is -4.64. The molecule has 4 rings (SSSR count). The molecule has 244 valence electrons. The molecule has 0 radical (unpaired) electrons. The Morgan fingerprint density at radius 2 is 1.54 bits per heavy atom. The van der Waals surface area contributed by atoms with Gasteiger partial charge < -0.3 is 29.9 Å². The number of carbonyl (C=O) groups excluding carboxylic acids is 3. The van der Waals surface area contributed by atoms with Crippen LogP contribution >= 0.6 is 11.6 Å². The monoisotopic (exact) mass is 651 g/mol. The number of rotatable bonds is 13. The lowest BCUT2D eigenvalue weighted by molar-refractivity contribution is -0.137. The molecule has 0 aliphatic heterocycles. The van der Waals surface area contributed by atoms with Crippen molar-refractivity contribution in [3.63, 3.8) is 0 Å². The first-order valence-electron chi connectivity index (χ1n) is 15.0. The summed E-state index contributed by atoms with van der Waals surface area (Å²) in [5.41, 5.74) is 2.69. The van der Waals surface area contributed by atoms with E-state index in [0.29, 0.717) is 32.7 Å². The van der Waals surface area contributed by atoms with E-state index in [4.69, 9.17) is 25.5 Å². The summed E-state index contributed by atoms with van der Waals surface area (Å²) in [6.45, 7) is 9.19. The maximum absolute atomic E-state index is 13.6. The molecule has 3 amide bonds. The summed E-state index contributed by atoms with van der Waals surface area (Å²) in [5.74, 6) is -2.18. The smallest absolute Gasteiger partial charge is 0.340 e. The summed E-state index contributed by atoms with van der Waals surface area (Å²) in [5, 5.41) is 19.0. The fourth-order valence-corrected chi connectivity index (χ4v) is 5.38. The van der Waals surface area contributed by atoms with Crippen LogP contribution in [-0.2, 0) is 32.0 Å². The normalized spacial score (nSPS) is 12.7. The molecule has 0 bridgehead atoms. The summed E-state index contributed by atoms with van der Waals surface area (Å²) in [4.78, 5) is 63.8. The van der Waals surface area contributed by atoms with E-state index in [0.717, 1.165) is 16.7 Å². The number of hydrogen-bond donors (Lipinski definition) is 4. The molecule has 2 aromatic heterocycles. The van der Waals surface area contributed by atoms with Gasteiger partial charge in [-0.3, -0.25) is 19.2 Å². The lowest BCUT2D eigenvalue weighted by Gasteiger charge is -2.25. The van der Waals surface area contributed by atoms with Crippen LogP contribution in [0.4, 0.5) is 0 Å². The third-order valence-corrected chi connectivity index (χ3v) is 8.29. The summed E-state index contributed by atoms with van der Waals surface area (Å²) in [6, 6.07) is 8.30. The van der Waals surface area contributed by atoms with Crippen LogP contribution < -0.4 is 21.6 Å². The van der Waals surface area contributed by atoms with Gasteiger partial charge in [0.1, 0.15) is 29.0 Å². The molecule has 4 N–H and O–H groups in total. The van der Waals surface area contributed by atoms with Crippen LogP contribution in [0, 0.1) is 26.7 Å². The number of fused-ring (bicyclic) bond motifs is 2. The van der Waals surface area contributed by atoms with E-state index >= 15 is 0 Å². The summed E-state index contributed by atoms with van der Waals surface area (Å²) in [6.07, 6.45) is -0.116. The van der Waals surface area contributed by atoms with Crippen molar-refractivity contribution >= 4 is 57.2 Å². The van der Waals surface area contributed by atoms with Crippen molar-refractivity contribution in [1.29, 1.82) is 0 Å². The van der Waals surface area contributed by atoms with Gasteiger partial charge in [0.2, 0.25) is 17.7 Å². The fraction of sp³-hybridized carbons (Fsp3) is 0.382. The molecule has 2 aromatic carbocycles. The van der Waals surface area contributed by atoms with E-state index in [1.165, 1.54) is 0 Å². The number of amides is 3. The molecule has 2 atom stereocenters. The summed E-state index contributed by atoms with van der Waals surface area (Å²) in [7, 11) is 0. The number of carboxylic acid groups (broad SMARTS) is 1. The van der Waals surface area contributed by atoms with Crippen LogP contribution in [0.25, 0.3) is 21.9 Å². The molecule has 46 heavy (non-hydrogen) atoms. The molecule has 0 saturated heterocycles. The lowest BCUT2D eigenvalue weighted by Crippen LogP contribution is -2.56. The van der Waals surface area contributed by atoms with E-state index in [-0.39, 0.29) is 43.7 Å². The predicted octanol–water partition coefficient (Wildman–Crippen LogP) is 4.51. The van der Waals surface area contributed by atoms with Gasteiger partial charge in [-0.25, -0.2) is 4.79 Å². The Kier molecular flexibility index (Phi) is 10.9. The Morgan fingerprint density at radius 1 is 0.891 bits per heavy atom. The first-order valence-corrected chi connectivity index (χ1v) is 15.4. The number of nitrogens with one attached hydrogen (secondary N) is 3. The average Bonchev–Trinajstić information content (AvgIpc) is 3.27. The molecule has 12 heteroatoms. The Balaban J connectivity index is 1.56. The molecular weight excluding hydrogens is 614 g/mol. The van der Waals surface area contributed by atoms with Crippen molar-refractivity contribution in [1.82, 2.24) is 16.0 Å². The van der Waals surface area contributed by atoms with Crippen LogP contribution in [-0.4, -0.2) is 47.4 Å². The zero-order chi connectivity index (χ0) is 33.7. The number of carboxylic acids is 1. The highest BCUT2D eigenvalue weighted by Gasteiger charge is 2.29. The van der Waals surface area contributed by atoms with Crippen molar-refractivity contribution in [2.24, 2.45) is 5.92 Å². The summed E-state index contributed by atoms with van der Waals surface area (Å²) >= 11 is 6.04. The molecule has 0 spiro atoms. The number of benzene rings is 2. The van der Waals surface area contributed by atoms with Gasteiger partial charge in [-0.2, -0.15) is 0 Å². The first kappa shape index (κ1) is 34.2. The number of halogens is 1. The van der Waals surface area contributed by atoms with E-state index in [2.05, 4.69) is 16.0 Å². The second-order valence-electron chi connectivity index (χ2n) is 11.8. The molecule has 2 heterocycles. The van der Waals surface area contributed by atoms with E-state index in [1.807, 2.05) is 19.9 Å². The maximum Gasteiger partial charge on any atom is 0.340 e. The molecular formula is C34H38ClN3O8. The molecule has 0 aliphatic rings. The minimum Gasteiger partial charge on any atom is -0.481 e. The average molecular weight is 652 g/mol. The van der Waals surface area contributed by atoms with Crippen molar-refractivity contribution in [3.05, 3.63) is 79.9 Å². The quantitative estimate of drug-likeness (QED) is 0.121. The van der Waals surface area contributed by atoms with Crippen LogP contribution in [0.15, 0.2) is 50.0 Å². The van der Waals surface area contributed by atoms with E-state index in [9.17, 15) is 24.0 Å². The highest BCUT2D eigenvalue weighted by atomic mass is 35.5. The minimum atomic E-state index is -1.10. The predicted molar refractivity (Wildman–Crippen MR) is 174 cm³/mol. The van der Waals surface area contributed by atoms with Gasteiger partial charge in [0.05, 0.1) is 12.0 Å². The van der Waals surface area contributed by atoms with Crippen molar-refractivity contribution in [2.45, 2.75) is 72.4 Å². The van der Waals surface area contributed by atoms with Crippen LogP contribution in [0.1, 0.15) is 54.7 Å². The van der Waals surface area contributed by atoms with Gasteiger partial charge >= 0.3 is 11.6 Å². The highest BCUT2D eigenvalue weighted by molar-refractivity contribution is 6.30. The lowest BCUT2D eigenvalue weighted by atomic mass is 9.99. The molecule has 4 aromatic rings. The minimum absolute atomic E-state index is 0.0855. The molecule has 11 nitrogen and oxygen atoms in total. The first-order chi connectivity index (χ1) is 21.7. The number of furan rings is 1. The molecule has 1 unspecified atom stereocenters. The third-order valence-electron chi connectivity index (χ3n) is 8.04. The second-order valence-corrected chi connectivity index (χ2v) is 12.2. The Labute approximate surface area is 270 Å². The Bertz CT molecular complexity index is 1840. The number of hydrogen-bond acceptors (Lipinski definition) is 7. The van der Waals surface area contributed by atoms with Crippen molar-refractivity contribution in [2.75, 3.05) is 6.54 Å². The Morgan fingerprint density at radius 3 is 2.20 bits per heavy atom. The van der Waals surface area contributed by atoms with Gasteiger partial charge in [0.15, 0.2) is 0 Å². The number of aryl methyl sites for hydroxylation is 3. The zero-order valence-electron chi connectivity index (χ0n) is 26.4.